The van der Waals surface area contributed by atoms with E-state index in [0.29, 0.717) is 11.1 Å². The molecule has 0 radical (unpaired) electrons. The summed E-state index contributed by atoms with van der Waals surface area (Å²) in [5.74, 6) is 0.0314. The van der Waals surface area contributed by atoms with Gasteiger partial charge >= 0.3 is 0 Å². The van der Waals surface area contributed by atoms with Gasteiger partial charge in [-0.25, -0.2) is 0 Å². The number of hydrogen-bond donors (Lipinski definition) is 0. The molecule has 30 aromatic rings. The Labute approximate surface area is 419 Å². The third-order valence-electron chi connectivity index (χ3n) is 27.1. The highest BCUT2D eigenvalue weighted by Gasteiger charge is 2.99. The van der Waals surface area contributed by atoms with Crippen molar-refractivity contribution in [3.63, 3.8) is 0 Å². The molecule has 1 fully saturated rings. The molecule has 30 aromatic carbocycles. The Balaban J connectivity index is 1.10. The van der Waals surface area contributed by atoms with E-state index in [2.05, 4.69) is 24.3 Å². The van der Waals surface area contributed by atoms with Gasteiger partial charge in [-0.05, 0) is 313 Å². The molecule has 5 aliphatic carbocycles. The molecule has 0 unspecified atom stereocenters. The van der Waals surface area contributed by atoms with E-state index in [1.165, 1.54) is 216 Å². The number of carbonyl (C=O) groups is 2. The first-order chi connectivity index (χ1) is 38.3. The monoisotopic (exact) mass is 942 g/mol. The van der Waals surface area contributed by atoms with Crippen molar-refractivity contribution in [2.45, 2.75) is 10.8 Å². The van der Waals surface area contributed by atoms with Crippen LogP contribution in [0.1, 0.15) is 43.0 Å². The largest absolute Gasteiger partial charge is 0.293 e. The minimum Gasteiger partial charge on any atom is -0.293 e. The van der Waals surface area contributed by atoms with Crippen LogP contribution in [0.3, 0.4) is 0 Å². The lowest BCUT2D eigenvalue weighted by molar-refractivity contribution is 0.0753. The summed E-state index contributed by atoms with van der Waals surface area (Å²) in [6.07, 6.45) is 0. The number of rotatable bonds is 4. The van der Waals surface area contributed by atoms with Crippen LogP contribution in [0.4, 0.5) is 0 Å². The first-order valence-electron chi connectivity index (χ1n) is 28.2. The van der Waals surface area contributed by atoms with E-state index in [9.17, 15) is 0 Å². The molecule has 0 amide bonds. The lowest BCUT2D eigenvalue weighted by Crippen LogP contribution is -2.36. The van der Waals surface area contributed by atoms with Gasteiger partial charge in [-0.1, -0.05) is 60.7 Å². The maximum absolute atomic E-state index is 17.8. The molecule has 35 rings (SSSR count). The normalized spacial score (nSPS) is 19.3. The lowest BCUT2D eigenvalue weighted by atomic mass is 9.68. The third-order valence-corrected chi connectivity index (χ3v) is 27.1. The number of hydrogen-bond acceptors (Lipinski definition) is 2. The molecule has 2 nitrogen and oxygen atoms in total. The molecule has 77 heavy (non-hydrogen) atoms. The van der Waals surface area contributed by atoms with Crippen LogP contribution in [0.15, 0.2) is 60.7 Å². The Kier molecular flexibility index (Phi) is 2.58. The van der Waals surface area contributed by atoms with Crippen LogP contribution in [0.25, 0.3) is 291 Å². The zero-order chi connectivity index (χ0) is 46.4. The van der Waals surface area contributed by atoms with Gasteiger partial charge in [-0.15, -0.1) is 0 Å². The molecule has 0 aromatic heterocycles. The zero-order valence-corrected chi connectivity index (χ0v) is 39.1. The molecule has 0 aliphatic heterocycles. The van der Waals surface area contributed by atoms with Crippen LogP contribution < -0.4 is 0 Å². The predicted octanol–water partition coefficient (Wildman–Crippen LogP) is 19.1. The fourth-order valence-electron chi connectivity index (χ4n) is 27.0. The van der Waals surface area contributed by atoms with E-state index >= 15 is 9.59 Å². The Morgan fingerprint density at radius 3 is 0.455 bits per heavy atom. The van der Waals surface area contributed by atoms with E-state index in [4.69, 9.17) is 0 Å². The minimum atomic E-state index is -1.51. The van der Waals surface area contributed by atoms with Gasteiger partial charge < -0.3 is 0 Å². The van der Waals surface area contributed by atoms with Crippen molar-refractivity contribution in [2.75, 3.05) is 0 Å². The van der Waals surface area contributed by atoms with Crippen molar-refractivity contribution in [3.05, 3.63) is 94.0 Å². The van der Waals surface area contributed by atoms with Gasteiger partial charge in [0.1, 0.15) is 5.41 Å². The molecule has 322 valence electrons. The molecule has 1 saturated carbocycles. The molecule has 2 heteroatoms. The van der Waals surface area contributed by atoms with Crippen LogP contribution in [0, 0.1) is 5.41 Å². The van der Waals surface area contributed by atoms with Gasteiger partial charge in [0.15, 0.2) is 11.6 Å². The smallest absolute Gasteiger partial charge is 0.179 e. The topological polar surface area (TPSA) is 34.1 Å². The second-order valence-electron chi connectivity index (χ2n) is 27.4. The maximum atomic E-state index is 17.8. The van der Waals surface area contributed by atoms with Crippen molar-refractivity contribution in [3.8, 4) is 0 Å². The Hall–Kier alpha value is -9.76. The summed E-state index contributed by atoms with van der Waals surface area (Å²) in [6.45, 7) is 0. The molecule has 2 spiro atoms. The second kappa shape index (κ2) is 6.76. The molecule has 0 N–H and O–H groups in total. The summed E-state index contributed by atoms with van der Waals surface area (Å²) in [4.78, 5) is 35.6. The third kappa shape index (κ3) is 1.59. The van der Waals surface area contributed by atoms with Gasteiger partial charge in [-0.3, -0.25) is 9.59 Å². The lowest BCUT2D eigenvalue weighted by Gasteiger charge is -2.32. The number of ketones is 2. The van der Waals surface area contributed by atoms with Crippen molar-refractivity contribution >= 4 is 302 Å². The summed E-state index contributed by atoms with van der Waals surface area (Å²) in [7, 11) is 0. The molecule has 0 heterocycles. The van der Waals surface area contributed by atoms with E-state index < -0.39 is 16.2 Å². The highest BCUT2D eigenvalue weighted by atomic mass is 16.2. The standard InChI is InChI=1S/C75H10O2/c76-71(11-7-3-1-4-8-11)75(72(77)12-9-5-2-6-10-12)73-67-59-51-41-31-23-15-13-14-17-21-19(15)27-35-29(21)39-33-25(17)26-18(14)22-20-16(13)24(23)32-38-28(20)36-30(22)40-34(26)44-43(33)53-47(39)57-49(35)55(45(51)37(27)31)63(67)65(57)69-61(53)62-54(44)48(40)58-50(36)56-46(38)52(42(32)41)60(59)68(73)64(56)66(58)70(62)74(69,73)75/h1-10H. The molecular formula is C75H10O2. The van der Waals surface area contributed by atoms with Crippen molar-refractivity contribution in [1.29, 1.82) is 0 Å². The van der Waals surface area contributed by atoms with Crippen molar-refractivity contribution in [2.24, 2.45) is 5.41 Å². The van der Waals surface area contributed by atoms with E-state index in [-0.39, 0.29) is 11.6 Å². The number of carbonyl (C=O) groups excluding carboxylic acids is 2. The van der Waals surface area contributed by atoms with Gasteiger partial charge in [0, 0.05) is 11.1 Å². The summed E-state index contributed by atoms with van der Waals surface area (Å²) in [6, 6.07) is 20.5. The van der Waals surface area contributed by atoms with E-state index in [1.807, 2.05) is 36.4 Å². The molecule has 0 bridgehead atoms. The fraction of sp³-hybridized carbons (Fsp3) is 0.0400. The highest BCUT2D eigenvalue weighted by Crippen LogP contribution is 2.97. The summed E-state index contributed by atoms with van der Waals surface area (Å²) in [5.41, 5.74) is 3.30. The van der Waals surface area contributed by atoms with Gasteiger partial charge in [0.25, 0.3) is 0 Å². The molecule has 5 aliphatic rings. The van der Waals surface area contributed by atoms with Crippen molar-refractivity contribution < 1.29 is 9.59 Å². The second-order valence-corrected chi connectivity index (χ2v) is 27.4. The van der Waals surface area contributed by atoms with Crippen LogP contribution in [-0.2, 0) is 10.8 Å². The van der Waals surface area contributed by atoms with Crippen LogP contribution in [-0.4, -0.2) is 11.6 Å². The molecule has 0 saturated heterocycles. The quantitative estimate of drug-likeness (QED) is 0.100. The van der Waals surface area contributed by atoms with Crippen LogP contribution in [0.2, 0.25) is 0 Å². The minimum absolute atomic E-state index is 0.0157. The predicted molar refractivity (Wildman–Crippen MR) is 318 cm³/mol. The Morgan fingerprint density at radius 2 is 0.312 bits per heavy atom. The summed E-state index contributed by atoms with van der Waals surface area (Å²) >= 11 is 0. The van der Waals surface area contributed by atoms with Crippen LogP contribution in [0.5, 0.6) is 0 Å². The first kappa shape index (κ1) is 29.4. The Morgan fingerprint density at radius 1 is 0.182 bits per heavy atom. The first-order valence-corrected chi connectivity index (χ1v) is 28.2. The molecule has 0 atom stereocenters. The zero-order valence-electron chi connectivity index (χ0n) is 39.1. The maximum Gasteiger partial charge on any atom is 0.179 e. The Bertz CT molecular complexity index is 7310. The van der Waals surface area contributed by atoms with Gasteiger partial charge in [0.05, 0.1) is 10.8 Å². The molecular weight excluding hydrogens is 933 g/mol. The van der Waals surface area contributed by atoms with Crippen LogP contribution >= 0.6 is 0 Å². The summed E-state index contributed by atoms with van der Waals surface area (Å²) in [5, 5.41) is 81.7. The average molecular weight is 943 g/mol. The average Bonchev–Trinajstić information content (AvgIpc) is 1.42. The summed E-state index contributed by atoms with van der Waals surface area (Å²) < 4.78 is 0. The SMILES string of the molecule is O=C(c1ccccc1)C1(C(=O)c2ccccc2)C23c4c5c6c7c8c9c(c%10c%11c2c2c4c4c%12c5c5c6c6c8c8c%13c9c9c%10c%10c%11c%11c2c2c4c4c%12c%12c5c5c6c8c6c8c%13c9c9c%10c%10c%11c2c2c4c4c%12c5c6c5c8c9c%10c2c45)C713. The fourth-order valence-corrected chi connectivity index (χ4v) is 27.0. The van der Waals surface area contributed by atoms with Gasteiger partial charge in [-0.2, -0.15) is 0 Å². The number of Topliss-reactive ketones (excluding diaryl/α,β-unsaturated/α-hetero) is 2. The van der Waals surface area contributed by atoms with E-state index in [1.54, 1.807) is 97.0 Å². The number of benzene rings is 20. The van der Waals surface area contributed by atoms with Crippen molar-refractivity contribution in [1.82, 2.24) is 0 Å². The van der Waals surface area contributed by atoms with Gasteiger partial charge in [0.2, 0.25) is 0 Å². The highest BCUT2D eigenvalue weighted by molar-refractivity contribution is 6.82. The van der Waals surface area contributed by atoms with E-state index in [0.717, 1.165) is 0 Å².